The third-order valence-electron chi connectivity index (χ3n) is 3.75. The van der Waals surface area contributed by atoms with Crippen molar-refractivity contribution in [3.8, 4) is 11.1 Å². The molecule has 0 bridgehead atoms. The zero-order valence-corrected chi connectivity index (χ0v) is 12.8. The maximum absolute atomic E-state index is 12.7. The van der Waals surface area contributed by atoms with E-state index in [4.69, 9.17) is 0 Å². The molecule has 0 aliphatic carbocycles. The van der Waals surface area contributed by atoms with Crippen LogP contribution in [0.3, 0.4) is 0 Å². The van der Waals surface area contributed by atoms with E-state index in [9.17, 15) is 13.2 Å². The van der Waals surface area contributed by atoms with Gasteiger partial charge in [-0.15, -0.1) is 0 Å². The third kappa shape index (κ3) is 3.96. The van der Waals surface area contributed by atoms with Gasteiger partial charge in [-0.2, -0.15) is 13.2 Å². The van der Waals surface area contributed by atoms with Gasteiger partial charge in [0.2, 0.25) is 0 Å². The number of nitrogens with one attached hydrogen (secondary N) is 1. The van der Waals surface area contributed by atoms with Crippen LogP contribution in [0.5, 0.6) is 0 Å². The summed E-state index contributed by atoms with van der Waals surface area (Å²) in [6, 6.07) is 23.2. The molecule has 0 saturated heterocycles. The van der Waals surface area contributed by atoms with Gasteiger partial charge in [-0.1, -0.05) is 60.7 Å². The Morgan fingerprint density at radius 1 is 0.708 bits per heavy atom. The topological polar surface area (TPSA) is 12.0 Å². The van der Waals surface area contributed by atoms with E-state index in [0.29, 0.717) is 12.2 Å². The first kappa shape index (κ1) is 16.1. The van der Waals surface area contributed by atoms with E-state index in [2.05, 4.69) is 5.32 Å². The predicted octanol–water partition coefficient (Wildman–Crippen LogP) is 5.98. The summed E-state index contributed by atoms with van der Waals surface area (Å²) in [5.74, 6) is 0. The lowest BCUT2D eigenvalue weighted by Crippen LogP contribution is -2.06. The van der Waals surface area contributed by atoms with Crippen LogP contribution in [-0.4, -0.2) is 0 Å². The molecule has 0 amide bonds. The quantitative estimate of drug-likeness (QED) is 0.621. The van der Waals surface area contributed by atoms with Gasteiger partial charge < -0.3 is 5.32 Å². The van der Waals surface area contributed by atoms with Crippen LogP contribution in [0, 0.1) is 0 Å². The summed E-state index contributed by atoms with van der Waals surface area (Å²) in [6.45, 7) is 0.469. The van der Waals surface area contributed by atoms with Crippen LogP contribution in [0.1, 0.15) is 11.1 Å². The van der Waals surface area contributed by atoms with E-state index in [-0.39, 0.29) is 0 Å². The second kappa shape index (κ2) is 6.79. The van der Waals surface area contributed by atoms with Crippen LogP contribution in [0.2, 0.25) is 0 Å². The summed E-state index contributed by atoms with van der Waals surface area (Å²) in [5, 5.41) is 3.03. The summed E-state index contributed by atoms with van der Waals surface area (Å²) in [4.78, 5) is 0. The van der Waals surface area contributed by atoms with Crippen LogP contribution in [0.25, 0.3) is 11.1 Å². The zero-order chi connectivity index (χ0) is 17.0. The summed E-state index contributed by atoms with van der Waals surface area (Å²) >= 11 is 0. The zero-order valence-electron chi connectivity index (χ0n) is 12.8. The standard InChI is InChI=1S/C20H16F3N/c21-20(22,23)18-7-4-8-19(13-18)24-14-15-9-11-17(12-10-15)16-5-2-1-3-6-16/h1-13,24H,14H2. The largest absolute Gasteiger partial charge is 0.416 e. The van der Waals surface area contributed by atoms with Crippen LogP contribution in [-0.2, 0) is 12.7 Å². The number of alkyl halides is 3. The van der Waals surface area contributed by atoms with Gasteiger partial charge in [-0.25, -0.2) is 0 Å². The van der Waals surface area contributed by atoms with Crippen LogP contribution >= 0.6 is 0 Å². The van der Waals surface area contributed by atoms with E-state index in [1.54, 1.807) is 6.07 Å². The maximum atomic E-state index is 12.7. The maximum Gasteiger partial charge on any atom is 0.416 e. The lowest BCUT2D eigenvalue weighted by Gasteiger charge is -2.11. The molecule has 0 fully saturated rings. The normalized spacial score (nSPS) is 11.3. The van der Waals surface area contributed by atoms with Gasteiger partial charge in [-0.3, -0.25) is 0 Å². The van der Waals surface area contributed by atoms with Crippen molar-refractivity contribution in [2.24, 2.45) is 0 Å². The van der Waals surface area contributed by atoms with Crippen LogP contribution in [0.4, 0.5) is 18.9 Å². The number of rotatable bonds is 4. The molecule has 122 valence electrons. The van der Waals surface area contributed by atoms with Crippen molar-refractivity contribution in [1.29, 1.82) is 0 Å². The summed E-state index contributed by atoms with van der Waals surface area (Å²) in [5.41, 5.74) is 3.06. The Bertz CT molecular complexity index is 793. The molecule has 24 heavy (non-hydrogen) atoms. The molecular weight excluding hydrogens is 311 g/mol. The Kier molecular flexibility index (Phi) is 4.56. The first-order chi connectivity index (χ1) is 11.5. The second-order valence-electron chi connectivity index (χ2n) is 5.50. The minimum atomic E-state index is -4.32. The molecule has 0 saturated carbocycles. The Morgan fingerprint density at radius 2 is 1.38 bits per heavy atom. The van der Waals surface area contributed by atoms with Crippen LogP contribution in [0.15, 0.2) is 78.9 Å². The van der Waals surface area contributed by atoms with Crippen molar-refractivity contribution >= 4 is 5.69 Å². The lowest BCUT2D eigenvalue weighted by molar-refractivity contribution is -0.137. The minimum absolute atomic E-state index is 0.456. The average Bonchev–Trinajstić information content (AvgIpc) is 2.61. The molecule has 0 aliphatic heterocycles. The van der Waals surface area contributed by atoms with E-state index in [0.717, 1.165) is 28.8 Å². The van der Waals surface area contributed by atoms with Gasteiger partial charge in [0.25, 0.3) is 0 Å². The number of anilines is 1. The molecular formula is C20H16F3N. The van der Waals surface area contributed by atoms with Gasteiger partial charge in [-0.05, 0) is 34.9 Å². The molecule has 4 heteroatoms. The highest BCUT2D eigenvalue weighted by Crippen LogP contribution is 2.30. The Hall–Kier alpha value is -2.75. The van der Waals surface area contributed by atoms with Gasteiger partial charge in [0, 0.05) is 12.2 Å². The van der Waals surface area contributed by atoms with E-state index in [1.807, 2.05) is 54.6 Å². The van der Waals surface area contributed by atoms with E-state index in [1.165, 1.54) is 6.07 Å². The lowest BCUT2D eigenvalue weighted by atomic mass is 10.0. The predicted molar refractivity (Wildman–Crippen MR) is 90.6 cm³/mol. The molecule has 3 aromatic rings. The molecule has 0 aromatic heterocycles. The van der Waals surface area contributed by atoms with Gasteiger partial charge in [0.05, 0.1) is 5.56 Å². The van der Waals surface area contributed by atoms with E-state index < -0.39 is 11.7 Å². The van der Waals surface area contributed by atoms with Gasteiger partial charge in [0.15, 0.2) is 0 Å². The van der Waals surface area contributed by atoms with Crippen molar-refractivity contribution in [3.63, 3.8) is 0 Å². The molecule has 0 atom stereocenters. The molecule has 0 aliphatic rings. The molecule has 0 unspecified atom stereocenters. The molecule has 1 nitrogen and oxygen atoms in total. The van der Waals surface area contributed by atoms with Crippen molar-refractivity contribution < 1.29 is 13.2 Å². The number of halogens is 3. The second-order valence-corrected chi connectivity index (χ2v) is 5.50. The molecule has 3 aromatic carbocycles. The Balaban J connectivity index is 1.67. The fourth-order valence-electron chi connectivity index (χ4n) is 2.46. The highest BCUT2D eigenvalue weighted by Gasteiger charge is 2.30. The number of hydrogen-bond acceptors (Lipinski definition) is 1. The Morgan fingerprint density at radius 3 is 2.04 bits per heavy atom. The van der Waals surface area contributed by atoms with Gasteiger partial charge >= 0.3 is 6.18 Å². The van der Waals surface area contributed by atoms with Crippen molar-refractivity contribution in [2.75, 3.05) is 5.32 Å². The first-order valence-corrected chi connectivity index (χ1v) is 7.58. The smallest absolute Gasteiger partial charge is 0.381 e. The summed E-state index contributed by atoms with van der Waals surface area (Å²) < 4.78 is 38.1. The first-order valence-electron chi connectivity index (χ1n) is 7.58. The molecule has 0 radical (unpaired) electrons. The molecule has 3 rings (SSSR count). The van der Waals surface area contributed by atoms with Crippen molar-refractivity contribution in [3.05, 3.63) is 90.0 Å². The number of benzene rings is 3. The highest BCUT2D eigenvalue weighted by atomic mass is 19.4. The molecule has 1 N–H and O–H groups in total. The molecule has 0 heterocycles. The molecule has 0 spiro atoms. The summed E-state index contributed by atoms with van der Waals surface area (Å²) in [7, 11) is 0. The fraction of sp³-hybridized carbons (Fsp3) is 0.100. The van der Waals surface area contributed by atoms with Crippen molar-refractivity contribution in [2.45, 2.75) is 12.7 Å². The Labute approximate surface area is 138 Å². The van der Waals surface area contributed by atoms with Crippen molar-refractivity contribution in [1.82, 2.24) is 0 Å². The average molecular weight is 327 g/mol. The van der Waals surface area contributed by atoms with E-state index >= 15 is 0 Å². The van der Waals surface area contributed by atoms with Gasteiger partial charge in [0.1, 0.15) is 0 Å². The van der Waals surface area contributed by atoms with Crippen LogP contribution < -0.4 is 5.32 Å². The minimum Gasteiger partial charge on any atom is -0.381 e. The number of hydrogen-bond donors (Lipinski definition) is 1. The fourth-order valence-corrected chi connectivity index (χ4v) is 2.46. The SMILES string of the molecule is FC(F)(F)c1cccc(NCc2ccc(-c3ccccc3)cc2)c1. The monoisotopic (exact) mass is 327 g/mol. The summed E-state index contributed by atoms with van der Waals surface area (Å²) in [6.07, 6.45) is -4.32. The third-order valence-corrected chi connectivity index (χ3v) is 3.75. The highest BCUT2D eigenvalue weighted by molar-refractivity contribution is 5.63.